The van der Waals surface area contributed by atoms with E-state index in [0.717, 1.165) is 44.6 Å². The van der Waals surface area contributed by atoms with Gasteiger partial charge in [0.2, 0.25) is 10.0 Å². The highest BCUT2D eigenvalue weighted by atomic mass is 32.2. The van der Waals surface area contributed by atoms with E-state index in [-0.39, 0.29) is 10.9 Å². The molecule has 2 N–H and O–H groups in total. The number of carbonyl (C=O) groups excluding carboxylic acids is 3. The van der Waals surface area contributed by atoms with Crippen molar-refractivity contribution in [2.24, 2.45) is 0 Å². The van der Waals surface area contributed by atoms with Crippen molar-refractivity contribution in [2.75, 3.05) is 13.1 Å². The molecule has 1 aliphatic carbocycles. The average Bonchev–Trinajstić information content (AvgIpc) is 3.59. The molecule has 10 heteroatoms. The van der Waals surface area contributed by atoms with Gasteiger partial charge in [-0.15, -0.1) is 0 Å². The Kier molecular flexibility index (Phi) is 8.03. The summed E-state index contributed by atoms with van der Waals surface area (Å²) in [5.74, 6) is -1.47. The highest BCUT2D eigenvalue weighted by Crippen LogP contribution is 2.21. The third-order valence-electron chi connectivity index (χ3n) is 5.31. The molecule has 0 bridgehead atoms. The van der Waals surface area contributed by atoms with Crippen LogP contribution in [0.2, 0.25) is 0 Å². The van der Waals surface area contributed by atoms with E-state index in [1.54, 1.807) is 12.1 Å². The normalized spacial score (nSPS) is 18.5. The van der Waals surface area contributed by atoms with E-state index < -0.39 is 34.0 Å². The molecule has 1 aliphatic heterocycles. The van der Waals surface area contributed by atoms with Crippen LogP contribution in [0.1, 0.15) is 51.0 Å². The standard InChI is InChI=1S/C22H29N3O6S/c1-16(21(27)24-22(28)23-18-9-10-18)31-20(26)13-8-17-6-11-19(12-7-17)32(29,30)25-14-4-2-3-5-15-25/h6-8,11-13,16,18H,2-5,9-10,14-15H2,1H3,(H2,23,24,27,28)/b13-8+. The van der Waals surface area contributed by atoms with Crippen LogP contribution < -0.4 is 10.6 Å². The van der Waals surface area contributed by atoms with Gasteiger partial charge in [-0.05, 0) is 56.4 Å². The van der Waals surface area contributed by atoms with Crippen LogP contribution in [0.3, 0.4) is 0 Å². The van der Waals surface area contributed by atoms with Crippen molar-refractivity contribution in [3.63, 3.8) is 0 Å². The Labute approximate surface area is 188 Å². The number of esters is 1. The largest absolute Gasteiger partial charge is 0.449 e. The zero-order valence-electron chi connectivity index (χ0n) is 18.1. The number of carbonyl (C=O) groups is 3. The number of benzene rings is 1. The van der Waals surface area contributed by atoms with E-state index in [1.807, 2.05) is 0 Å². The Morgan fingerprint density at radius 3 is 2.28 bits per heavy atom. The van der Waals surface area contributed by atoms with E-state index in [0.29, 0.717) is 18.7 Å². The predicted octanol–water partition coefficient (Wildman–Crippen LogP) is 2.18. The summed E-state index contributed by atoms with van der Waals surface area (Å²) in [5.41, 5.74) is 0.609. The van der Waals surface area contributed by atoms with Crippen LogP contribution in [-0.4, -0.2) is 55.9 Å². The van der Waals surface area contributed by atoms with Gasteiger partial charge in [0.05, 0.1) is 4.90 Å². The van der Waals surface area contributed by atoms with E-state index in [4.69, 9.17) is 4.74 Å². The third-order valence-corrected chi connectivity index (χ3v) is 7.22. The van der Waals surface area contributed by atoms with Gasteiger partial charge >= 0.3 is 12.0 Å². The summed E-state index contributed by atoms with van der Waals surface area (Å²) in [4.78, 5) is 35.7. The third kappa shape index (κ3) is 6.89. The van der Waals surface area contributed by atoms with Gasteiger partial charge in [-0.2, -0.15) is 4.31 Å². The lowest BCUT2D eigenvalue weighted by molar-refractivity contribution is -0.149. The number of ether oxygens (including phenoxy) is 1. The number of nitrogens with zero attached hydrogens (tertiary/aromatic N) is 1. The molecule has 0 spiro atoms. The van der Waals surface area contributed by atoms with Crippen molar-refractivity contribution in [1.29, 1.82) is 0 Å². The first-order valence-electron chi connectivity index (χ1n) is 10.9. The molecule has 1 saturated carbocycles. The SMILES string of the molecule is CC(OC(=O)/C=C/c1ccc(S(=O)(=O)N2CCCCCC2)cc1)C(=O)NC(=O)NC1CC1. The maximum absolute atomic E-state index is 12.8. The summed E-state index contributed by atoms with van der Waals surface area (Å²) < 4.78 is 32.1. The van der Waals surface area contributed by atoms with Crippen LogP contribution in [-0.2, 0) is 24.3 Å². The lowest BCUT2D eigenvalue weighted by Gasteiger charge is -2.19. The second-order valence-corrected chi connectivity index (χ2v) is 9.97. The number of sulfonamides is 1. The Morgan fingerprint density at radius 1 is 1.06 bits per heavy atom. The molecule has 0 aromatic heterocycles. The summed E-state index contributed by atoms with van der Waals surface area (Å²) in [6, 6.07) is 5.74. The molecule has 0 radical (unpaired) electrons. The highest BCUT2D eigenvalue weighted by molar-refractivity contribution is 7.89. The Morgan fingerprint density at radius 2 is 1.69 bits per heavy atom. The molecule has 2 aliphatic rings. The fourth-order valence-electron chi connectivity index (χ4n) is 3.28. The van der Waals surface area contributed by atoms with E-state index >= 15 is 0 Å². The summed E-state index contributed by atoms with van der Waals surface area (Å²) in [5, 5.41) is 4.74. The fraction of sp³-hybridized carbons (Fsp3) is 0.500. The Balaban J connectivity index is 1.51. The topological polar surface area (TPSA) is 122 Å². The van der Waals surface area contributed by atoms with Crippen molar-refractivity contribution in [2.45, 2.75) is 62.5 Å². The molecular weight excluding hydrogens is 434 g/mol. The first-order chi connectivity index (χ1) is 15.3. The summed E-state index contributed by atoms with van der Waals surface area (Å²) in [7, 11) is -3.53. The monoisotopic (exact) mass is 463 g/mol. The number of urea groups is 1. The maximum atomic E-state index is 12.8. The average molecular weight is 464 g/mol. The van der Waals surface area contributed by atoms with Gasteiger partial charge in [0.15, 0.2) is 6.10 Å². The first kappa shape index (κ1) is 23.9. The van der Waals surface area contributed by atoms with Gasteiger partial charge in [0.25, 0.3) is 5.91 Å². The smallest absolute Gasteiger partial charge is 0.331 e. The molecule has 2 fully saturated rings. The van der Waals surface area contributed by atoms with Crippen LogP contribution in [0.4, 0.5) is 4.79 Å². The second-order valence-electron chi connectivity index (χ2n) is 8.04. The summed E-state index contributed by atoms with van der Waals surface area (Å²) in [6.07, 6.45) is 7.07. The minimum Gasteiger partial charge on any atom is -0.449 e. The number of nitrogens with one attached hydrogen (secondary N) is 2. The van der Waals surface area contributed by atoms with Crippen molar-refractivity contribution in [1.82, 2.24) is 14.9 Å². The minimum atomic E-state index is -3.53. The number of hydrogen-bond acceptors (Lipinski definition) is 6. The molecule has 1 heterocycles. The van der Waals surface area contributed by atoms with Crippen LogP contribution in [0.15, 0.2) is 35.2 Å². The van der Waals surface area contributed by atoms with Gasteiger partial charge in [0.1, 0.15) is 0 Å². The van der Waals surface area contributed by atoms with Crippen LogP contribution in [0.25, 0.3) is 6.08 Å². The molecular formula is C22H29N3O6S. The van der Waals surface area contributed by atoms with Gasteiger partial charge in [-0.1, -0.05) is 25.0 Å². The fourth-order valence-corrected chi connectivity index (χ4v) is 4.79. The predicted molar refractivity (Wildman–Crippen MR) is 118 cm³/mol. The molecule has 1 atom stereocenters. The van der Waals surface area contributed by atoms with Crippen molar-refractivity contribution in [3.8, 4) is 0 Å². The summed E-state index contributed by atoms with van der Waals surface area (Å²) in [6.45, 7) is 2.43. The lowest BCUT2D eigenvalue weighted by Crippen LogP contribution is -2.45. The molecule has 1 aromatic rings. The van der Waals surface area contributed by atoms with Gasteiger partial charge in [0, 0.05) is 25.2 Å². The molecule has 174 valence electrons. The Hall–Kier alpha value is -2.72. The van der Waals surface area contributed by atoms with Gasteiger partial charge in [-0.3, -0.25) is 10.1 Å². The van der Waals surface area contributed by atoms with Crippen LogP contribution >= 0.6 is 0 Å². The van der Waals surface area contributed by atoms with Gasteiger partial charge < -0.3 is 10.1 Å². The number of rotatable bonds is 7. The quantitative estimate of drug-likeness (QED) is 0.472. The lowest BCUT2D eigenvalue weighted by atomic mass is 10.2. The molecule has 9 nitrogen and oxygen atoms in total. The van der Waals surface area contributed by atoms with E-state index in [9.17, 15) is 22.8 Å². The number of imide groups is 1. The molecule has 3 rings (SSSR count). The molecule has 3 amide bonds. The number of hydrogen-bond donors (Lipinski definition) is 2. The maximum Gasteiger partial charge on any atom is 0.331 e. The molecule has 32 heavy (non-hydrogen) atoms. The van der Waals surface area contributed by atoms with E-state index in [2.05, 4.69) is 10.6 Å². The number of amides is 3. The van der Waals surface area contributed by atoms with Crippen molar-refractivity contribution < 1.29 is 27.5 Å². The molecule has 1 unspecified atom stereocenters. The zero-order valence-corrected chi connectivity index (χ0v) is 18.9. The highest BCUT2D eigenvalue weighted by Gasteiger charge is 2.26. The molecule has 1 aromatic carbocycles. The second kappa shape index (κ2) is 10.7. The van der Waals surface area contributed by atoms with Crippen LogP contribution in [0.5, 0.6) is 0 Å². The first-order valence-corrected chi connectivity index (χ1v) is 12.3. The zero-order chi connectivity index (χ0) is 23.1. The van der Waals surface area contributed by atoms with E-state index in [1.165, 1.54) is 29.4 Å². The summed E-state index contributed by atoms with van der Waals surface area (Å²) >= 11 is 0. The van der Waals surface area contributed by atoms with Gasteiger partial charge in [-0.25, -0.2) is 18.0 Å². The Bertz CT molecular complexity index is 962. The van der Waals surface area contributed by atoms with Crippen molar-refractivity contribution in [3.05, 3.63) is 35.9 Å². The van der Waals surface area contributed by atoms with Crippen molar-refractivity contribution >= 4 is 34.0 Å². The minimum absolute atomic E-state index is 0.106. The molecule has 1 saturated heterocycles. The van der Waals surface area contributed by atoms with Crippen LogP contribution in [0, 0.1) is 0 Å².